The molecular weight excluding hydrogens is 397 g/mol. The van der Waals surface area contributed by atoms with Crippen LogP contribution in [-0.2, 0) is 0 Å². The van der Waals surface area contributed by atoms with Gasteiger partial charge in [0.2, 0.25) is 5.95 Å². The smallest absolute Gasteiger partial charge is 0.269 e. The van der Waals surface area contributed by atoms with Gasteiger partial charge in [-0.05, 0) is 24.3 Å². The molecule has 0 saturated heterocycles. The number of nitrogen functional groups attached to an aromatic ring is 1. The number of anilines is 1. The van der Waals surface area contributed by atoms with Gasteiger partial charge in [-0.25, -0.2) is 28.9 Å². The van der Waals surface area contributed by atoms with Gasteiger partial charge in [0.1, 0.15) is 18.5 Å². The van der Waals surface area contributed by atoms with Crippen LogP contribution in [0.4, 0.5) is 10.2 Å². The van der Waals surface area contributed by atoms with E-state index in [1.807, 2.05) is 0 Å². The summed E-state index contributed by atoms with van der Waals surface area (Å²) in [7, 11) is 0. The Kier molecular flexibility index (Phi) is 3.78. The average molecular weight is 408 g/mol. The molecule has 0 bridgehead atoms. The van der Waals surface area contributed by atoms with Gasteiger partial charge in [-0.3, -0.25) is 9.36 Å². The lowest BCUT2D eigenvalue weighted by Gasteiger charge is -2.15. The van der Waals surface area contributed by atoms with E-state index in [0.29, 0.717) is 16.7 Å². The number of imidazole rings is 1. The molecule has 0 spiro atoms. The highest BCUT2D eigenvalue weighted by molar-refractivity contribution is 6.35. The molecule has 0 atom stereocenters. The second-order valence-corrected chi connectivity index (χ2v) is 6.59. The van der Waals surface area contributed by atoms with Crippen LogP contribution >= 0.6 is 11.6 Å². The van der Waals surface area contributed by atoms with Gasteiger partial charge < -0.3 is 5.73 Å². The first-order chi connectivity index (χ1) is 14.1. The summed E-state index contributed by atoms with van der Waals surface area (Å²) in [5, 5.41) is 0.401. The first-order valence-corrected chi connectivity index (χ1v) is 8.84. The first kappa shape index (κ1) is 17.3. The van der Waals surface area contributed by atoms with Gasteiger partial charge in [-0.15, -0.1) is 0 Å². The summed E-state index contributed by atoms with van der Waals surface area (Å²) in [4.78, 5) is 30.3. The van der Waals surface area contributed by atoms with E-state index < -0.39 is 11.4 Å². The number of para-hydroxylation sites is 1. The van der Waals surface area contributed by atoms with Crippen LogP contribution in [-0.4, -0.2) is 29.1 Å². The zero-order chi connectivity index (χ0) is 20.1. The van der Waals surface area contributed by atoms with Crippen molar-refractivity contribution in [2.75, 3.05) is 5.73 Å². The summed E-state index contributed by atoms with van der Waals surface area (Å²) in [6, 6.07) is 10.8. The van der Waals surface area contributed by atoms with Crippen molar-refractivity contribution >= 4 is 39.5 Å². The van der Waals surface area contributed by atoms with E-state index in [4.69, 9.17) is 17.3 Å². The third-order valence-corrected chi connectivity index (χ3v) is 4.81. The molecule has 5 aromatic rings. The Balaban J connectivity index is 1.97. The van der Waals surface area contributed by atoms with E-state index in [1.165, 1.54) is 35.4 Å². The fourth-order valence-corrected chi connectivity index (χ4v) is 3.44. The number of hydrogen-bond donors (Lipinski definition) is 1. The molecule has 142 valence electrons. The molecule has 0 fully saturated rings. The van der Waals surface area contributed by atoms with Crippen LogP contribution in [0.5, 0.6) is 0 Å². The van der Waals surface area contributed by atoms with Crippen LogP contribution < -0.4 is 11.3 Å². The van der Waals surface area contributed by atoms with Crippen LogP contribution in [0.15, 0.2) is 59.9 Å². The van der Waals surface area contributed by atoms with Crippen molar-refractivity contribution in [1.82, 2.24) is 29.1 Å². The molecule has 29 heavy (non-hydrogen) atoms. The second-order valence-electron chi connectivity index (χ2n) is 6.18. The molecule has 0 saturated carbocycles. The van der Waals surface area contributed by atoms with E-state index in [0.717, 1.165) is 4.57 Å². The van der Waals surface area contributed by atoms with Crippen molar-refractivity contribution in [2.45, 2.75) is 0 Å². The van der Waals surface area contributed by atoms with Crippen LogP contribution in [0.3, 0.4) is 0 Å². The van der Waals surface area contributed by atoms with E-state index in [-0.39, 0.29) is 27.9 Å². The molecule has 0 aliphatic carbocycles. The third kappa shape index (κ3) is 2.55. The molecular formula is C19H11ClFN7O. The molecule has 2 aromatic carbocycles. The number of hydrogen-bond acceptors (Lipinski definition) is 6. The largest absolute Gasteiger partial charge is 0.382 e. The Bertz CT molecular complexity index is 1480. The summed E-state index contributed by atoms with van der Waals surface area (Å²) >= 11 is 6.25. The number of rotatable bonds is 2. The summed E-state index contributed by atoms with van der Waals surface area (Å²) in [6.07, 6.45) is 2.69. The Hall–Kier alpha value is -3.85. The topological polar surface area (TPSA) is 105 Å². The molecule has 0 radical (unpaired) electrons. The Morgan fingerprint density at radius 3 is 2.69 bits per heavy atom. The average Bonchev–Trinajstić information content (AvgIpc) is 3.14. The quantitative estimate of drug-likeness (QED) is 0.482. The highest BCUT2D eigenvalue weighted by Crippen LogP contribution is 2.25. The summed E-state index contributed by atoms with van der Waals surface area (Å²) in [5.41, 5.74) is 6.39. The van der Waals surface area contributed by atoms with E-state index in [2.05, 4.69) is 19.9 Å². The maximum Gasteiger partial charge on any atom is 0.269 e. The Labute approximate surface area is 167 Å². The van der Waals surface area contributed by atoms with Crippen LogP contribution in [0, 0.1) is 5.82 Å². The second kappa shape index (κ2) is 6.35. The van der Waals surface area contributed by atoms with E-state index in [1.54, 1.807) is 24.3 Å². The van der Waals surface area contributed by atoms with Gasteiger partial charge in [0, 0.05) is 0 Å². The van der Waals surface area contributed by atoms with Crippen molar-refractivity contribution in [3.8, 4) is 11.6 Å². The Morgan fingerprint density at radius 1 is 1.03 bits per heavy atom. The Morgan fingerprint density at radius 2 is 1.86 bits per heavy atom. The number of benzene rings is 2. The van der Waals surface area contributed by atoms with Crippen molar-refractivity contribution in [2.24, 2.45) is 0 Å². The SMILES string of the molecule is Nc1ncnc2c1ncn2-c1nc2cccc(Cl)c2c(=O)n1-c1ccccc1F. The van der Waals surface area contributed by atoms with E-state index in [9.17, 15) is 9.18 Å². The number of fused-ring (bicyclic) bond motifs is 2. The van der Waals surface area contributed by atoms with Gasteiger partial charge in [0.25, 0.3) is 5.56 Å². The molecule has 0 aliphatic rings. The lowest BCUT2D eigenvalue weighted by atomic mass is 10.2. The van der Waals surface area contributed by atoms with Crippen molar-refractivity contribution in [3.05, 3.63) is 76.3 Å². The minimum atomic E-state index is -0.595. The first-order valence-electron chi connectivity index (χ1n) is 8.46. The molecule has 2 N–H and O–H groups in total. The third-order valence-electron chi connectivity index (χ3n) is 4.50. The minimum absolute atomic E-state index is 0.0192. The number of nitrogens with zero attached hydrogens (tertiary/aromatic N) is 6. The highest BCUT2D eigenvalue weighted by Gasteiger charge is 2.20. The van der Waals surface area contributed by atoms with Crippen LogP contribution in [0.1, 0.15) is 0 Å². The van der Waals surface area contributed by atoms with Crippen molar-refractivity contribution in [1.29, 1.82) is 0 Å². The molecule has 0 aliphatic heterocycles. The summed E-state index contributed by atoms with van der Waals surface area (Å²) < 4.78 is 17.3. The molecule has 0 amide bonds. The number of aromatic nitrogens is 6. The monoisotopic (exact) mass is 407 g/mol. The molecule has 5 rings (SSSR count). The molecule has 10 heteroatoms. The zero-order valence-corrected chi connectivity index (χ0v) is 15.4. The van der Waals surface area contributed by atoms with Gasteiger partial charge in [-0.2, -0.15) is 0 Å². The van der Waals surface area contributed by atoms with Gasteiger partial charge >= 0.3 is 0 Å². The standard InChI is InChI=1S/C19H11ClFN7O/c20-10-4-3-6-12-14(10)18(29)28(13-7-2-1-5-11(13)21)19(26-12)27-9-25-15-16(22)23-8-24-17(15)27/h1-9H,(H2,22,23,24). The number of halogens is 2. The lowest BCUT2D eigenvalue weighted by Crippen LogP contribution is -2.25. The van der Waals surface area contributed by atoms with Crippen molar-refractivity contribution in [3.63, 3.8) is 0 Å². The lowest BCUT2D eigenvalue weighted by molar-refractivity contribution is 0.613. The molecule has 3 aromatic heterocycles. The predicted molar refractivity (Wildman–Crippen MR) is 107 cm³/mol. The molecule has 8 nitrogen and oxygen atoms in total. The maximum absolute atomic E-state index is 14.7. The van der Waals surface area contributed by atoms with Crippen LogP contribution in [0.2, 0.25) is 5.02 Å². The normalized spacial score (nSPS) is 11.4. The number of nitrogens with two attached hydrogens (primary N) is 1. The maximum atomic E-state index is 14.7. The fraction of sp³-hybridized carbons (Fsp3) is 0. The minimum Gasteiger partial charge on any atom is -0.382 e. The summed E-state index contributed by atoms with van der Waals surface area (Å²) in [5.74, 6) is -0.324. The van der Waals surface area contributed by atoms with E-state index >= 15 is 0 Å². The predicted octanol–water partition coefficient (Wildman–Crippen LogP) is 2.89. The van der Waals surface area contributed by atoms with Crippen molar-refractivity contribution < 1.29 is 4.39 Å². The molecule has 3 heterocycles. The van der Waals surface area contributed by atoms with Gasteiger partial charge in [0.05, 0.1) is 21.6 Å². The molecule has 0 unspecified atom stereocenters. The zero-order valence-electron chi connectivity index (χ0n) is 14.6. The summed E-state index contributed by atoms with van der Waals surface area (Å²) in [6.45, 7) is 0. The fourth-order valence-electron chi connectivity index (χ4n) is 3.19. The van der Waals surface area contributed by atoms with Crippen LogP contribution in [0.25, 0.3) is 33.7 Å². The van der Waals surface area contributed by atoms with Gasteiger partial charge in [0.15, 0.2) is 17.0 Å². The van der Waals surface area contributed by atoms with Gasteiger partial charge in [-0.1, -0.05) is 29.8 Å². The highest BCUT2D eigenvalue weighted by atomic mass is 35.5.